The maximum absolute atomic E-state index is 12.9. The number of aromatic nitrogens is 1. The Balaban J connectivity index is 1.03. The van der Waals surface area contributed by atoms with Crippen LogP contribution in [0.2, 0.25) is 0 Å². The molecule has 8 rings (SSSR count). The average molecular weight is 496 g/mol. The number of amides is 1. The SMILES string of the molecule is O=C(CC12CC3CC(CC(C3)C1)C2)NC(=S)Nc1ccc2oc(-c3ccc4ccccc4c3)nc2c1. The summed E-state index contributed by atoms with van der Waals surface area (Å²) in [6, 6.07) is 20.1. The average Bonchev–Trinajstić information content (AvgIpc) is 3.26. The monoisotopic (exact) mass is 495 g/mol. The molecule has 182 valence electrons. The highest BCUT2D eigenvalue weighted by atomic mass is 32.1. The van der Waals surface area contributed by atoms with E-state index < -0.39 is 0 Å². The van der Waals surface area contributed by atoms with Crippen molar-refractivity contribution in [2.45, 2.75) is 44.9 Å². The van der Waals surface area contributed by atoms with E-state index in [1.54, 1.807) is 0 Å². The van der Waals surface area contributed by atoms with Crippen molar-refractivity contribution >= 4 is 50.8 Å². The van der Waals surface area contributed by atoms with E-state index in [0.29, 0.717) is 23.0 Å². The van der Waals surface area contributed by atoms with Crippen LogP contribution in [0.1, 0.15) is 44.9 Å². The van der Waals surface area contributed by atoms with Crippen LogP contribution >= 0.6 is 12.2 Å². The normalized spacial score (nSPS) is 26.4. The topological polar surface area (TPSA) is 67.2 Å². The van der Waals surface area contributed by atoms with Gasteiger partial charge < -0.3 is 15.1 Å². The van der Waals surface area contributed by atoms with Crippen molar-refractivity contribution in [3.8, 4) is 11.5 Å². The molecule has 6 heteroatoms. The molecule has 3 aromatic carbocycles. The van der Waals surface area contributed by atoms with Crippen LogP contribution in [-0.2, 0) is 4.79 Å². The van der Waals surface area contributed by atoms with Gasteiger partial charge in [-0.15, -0.1) is 0 Å². The summed E-state index contributed by atoms with van der Waals surface area (Å²) in [5.74, 6) is 3.13. The second kappa shape index (κ2) is 8.41. The Labute approximate surface area is 215 Å². The van der Waals surface area contributed by atoms with E-state index in [2.05, 4.69) is 34.9 Å². The zero-order chi connectivity index (χ0) is 24.3. The molecule has 0 unspecified atom stereocenters. The maximum atomic E-state index is 12.9. The van der Waals surface area contributed by atoms with E-state index >= 15 is 0 Å². The maximum Gasteiger partial charge on any atom is 0.227 e. The fourth-order valence-corrected chi connectivity index (χ4v) is 7.86. The molecule has 4 aliphatic rings. The molecule has 0 radical (unpaired) electrons. The van der Waals surface area contributed by atoms with Gasteiger partial charge in [0, 0.05) is 17.7 Å². The minimum atomic E-state index is 0.0376. The van der Waals surface area contributed by atoms with E-state index in [4.69, 9.17) is 21.6 Å². The number of hydrogen-bond acceptors (Lipinski definition) is 4. The Kier molecular flexibility index (Phi) is 5.14. The number of thiocarbonyl (C=S) groups is 1. The van der Waals surface area contributed by atoms with Gasteiger partial charge in [0.05, 0.1) is 0 Å². The Morgan fingerprint density at radius 1 is 0.944 bits per heavy atom. The first-order valence-electron chi connectivity index (χ1n) is 13.0. The summed E-state index contributed by atoms with van der Waals surface area (Å²) in [6.45, 7) is 0. The quantitative estimate of drug-likeness (QED) is 0.297. The van der Waals surface area contributed by atoms with Gasteiger partial charge in [0.15, 0.2) is 10.7 Å². The summed E-state index contributed by atoms with van der Waals surface area (Å²) in [6.07, 6.45) is 8.39. The van der Waals surface area contributed by atoms with Crippen molar-refractivity contribution in [1.82, 2.24) is 10.3 Å². The molecule has 0 saturated heterocycles. The molecule has 5 nitrogen and oxygen atoms in total. The zero-order valence-electron chi connectivity index (χ0n) is 20.1. The van der Waals surface area contributed by atoms with Crippen LogP contribution in [0.5, 0.6) is 0 Å². The van der Waals surface area contributed by atoms with Crippen LogP contribution < -0.4 is 10.6 Å². The van der Waals surface area contributed by atoms with Crippen molar-refractivity contribution in [1.29, 1.82) is 0 Å². The lowest BCUT2D eigenvalue weighted by molar-refractivity contribution is -0.127. The van der Waals surface area contributed by atoms with Crippen molar-refractivity contribution < 1.29 is 9.21 Å². The first-order valence-corrected chi connectivity index (χ1v) is 13.4. The molecule has 4 saturated carbocycles. The molecule has 1 heterocycles. The summed E-state index contributed by atoms with van der Waals surface area (Å²) >= 11 is 5.48. The van der Waals surface area contributed by atoms with Gasteiger partial charge in [-0.05, 0) is 115 Å². The third kappa shape index (κ3) is 4.07. The lowest BCUT2D eigenvalue weighted by Gasteiger charge is -2.56. The Morgan fingerprint density at radius 3 is 2.42 bits per heavy atom. The molecule has 4 bridgehead atoms. The molecule has 0 atom stereocenters. The molecule has 0 aliphatic heterocycles. The van der Waals surface area contributed by atoms with Gasteiger partial charge in [0.25, 0.3) is 0 Å². The summed E-state index contributed by atoms with van der Waals surface area (Å²) in [5.41, 5.74) is 3.37. The van der Waals surface area contributed by atoms with Crippen LogP contribution in [0.3, 0.4) is 0 Å². The van der Waals surface area contributed by atoms with Crippen molar-refractivity contribution in [2.75, 3.05) is 5.32 Å². The number of anilines is 1. The zero-order valence-corrected chi connectivity index (χ0v) is 20.9. The summed E-state index contributed by atoms with van der Waals surface area (Å²) in [4.78, 5) is 17.6. The van der Waals surface area contributed by atoms with Crippen LogP contribution in [0, 0.1) is 23.2 Å². The summed E-state index contributed by atoms with van der Waals surface area (Å²) in [5, 5.41) is 8.77. The van der Waals surface area contributed by atoms with E-state index in [0.717, 1.165) is 39.9 Å². The lowest BCUT2D eigenvalue weighted by Crippen LogP contribution is -2.48. The highest BCUT2D eigenvalue weighted by Crippen LogP contribution is 2.61. The number of oxazole rings is 1. The van der Waals surface area contributed by atoms with Gasteiger partial charge >= 0.3 is 0 Å². The van der Waals surface area contributed by atoms with E-state index in [1.165, 1.54) is 43.9 Å². The fourth-order valence-electron chi connectivity index (χ4n) is 7.63. The highest BCUT2D eigenvalue weighted by Gasteiger charge is 2.51. The predicted octanol–water partition coefficient (Wildman–Crippen LogP) is 7.07. The van der Waals surface area contributed by atoms with E-state index in [-0.39, 0.29) is 11.3 Å². The molecule has 4 aromatic rings. The smallest absolute Gasteiger partial charge is 0.227 e. The number of fused-ring (bicyclic) bond motifs is 2. The summed E-state index contributed by atoms with van der Waals surface area (Å²) in [7, 11) is 0. The molecule has 36 heavy (non-hydrogen) atoms. The highest BCUT2D eigenvalue weighted by molar-refractivity contribution is 7.80. The van der Waals surface area contributed by atoms with Gasteiger partial charge in [-0.3, -0.25) is 4.79 Å². The van der Waals surface area contributed by atoms with Gasteiger partial charge in [0.1, 0.15) is 5.52 Å². The number of carbonyl (C=O) groups is 1. The van der Waals surface area contributed by atoms with E-state index in [9.17, 15) is 4.79 Å². The van der Waals surface area contributed by atoms with Gasteiger partial charge in [-0.1, -0.05) is 30.3 Å². The Hall–Kier alpha value is -3.25. The van der Waals surface area contributed by atoms with Gasteiger partial charge in [-0.25, -0.2) is 4.98 Å². The molecule has 4 aliphatic carbocycles. The van der Waals surface area contributed by atoms with E-state index in [1.807, 2.05) is 36.4 Å². The van der Waals surface area contributed by atoms with Crippen molar-refractivity contribution in [3.05, 3.63) is 60.7 Å². The number of benzene rings is 3. The largest absolute Gasteiger partial charge is 0.436 e. The number of carbonyl (C=O) groups excluding carboxylic acids is 1. The minimum absolute atomic E-state index is 0.0376. The molecule has 4 fully saturated rings. The van der Waals surface area contributed by atoms with Crippen LogP contribution in [0.4, 0.5) is 5.69 Å². The fraction of sp³-hybridized carbons (Fsp3) is 0.367. The van der Waals surface area contributed by atoms with Crippen LogP contribution in [0.25, 0.3) is 33.3 Å². The second-order valence-electron chi connectivity index (χ2n) is 11.4. The Bertz CT molecular complexity index is 1470. The number of nitrogens with one attached hydrogen (secondary N) is 2. The summed E-state index contributed by atoms with van der Waals surface area (Å²) < 4.78 is 6.02. The van der Waals surface area contributed by atoms with Crippen molar-refractivity contribution in [2.24, 2.45) is 23.2 Å². The molecular formula is C30H29N3O2S. The lowest BCUT2D eigenvalue weighted by atomic mass is 9.49. The van der Waals surface area contributed by atoms with Crippen LogP contribution in [0.15, 0.2) is 65.1 Å². The molecular weight excluding hydrogens is 466 g/mol. The molecule has 2 N–H and O–H groups in total. The molecule has 0 spiro atoms. The van der Waals surface area contributed by atoms with Crippen molar-refractivity contribution in [3.63, 3.8) is 0 Å². The third-order valence-electron chi connectivity index (χ3n) is 8.60. The number of nitrogens with zero attached hydrogens (tertiary/aromatic N) is 1. The second-order valence-corrected chi connectivity index (χ2v) is 11.8. The number of rotatable bonds is 4. The van der Waals surface area contributed by atoms with Crippen LogP contribution in [-0.4, -0.2) is 16.0 Å². The third-order valence-corrected chi connectivity index (χ3v) is 8.80. The minimum Gasteiger partial charge on any atom is -0.436 e. The standard InChI is InChI=1S/C30H29N3O2S/c34-27(17-30-14-18-9-19(15-30)11-20(10-18)16-30)33-29(36)31-24-7-8-26-25(13-24)32-28(35-26)23-6-5-21-3-1-2-4-22(21)12-23/h1-8,12-13,18-20H,9-11,14-17H2,(H2,31,33,34,36). The van der Waals surface area contributed by atoms with Gasteiger partial charge in [-0.2, -0.15) is 0 Å². The van der Waals surface area contributed by atoms with Gasteiger partial charge in [0.2, 0.25) is 11.8 Å². The number of hydrogen-bond donors (Lipinski definition) is 2. The molecule has 1 aromatic heterocycles. The Morgan fingerprint density at radius 2 is 1.67 bits per heavy atom. The molecule has 1 amide bonds. The predicted molar refractivity (Wildman–Crippen MR) is 147 cm³/mol. The first-order chi connectivity index (χ1) is 17.5. The first kappa shape index (κ1) is 22.0.